The maximum atomic E-state index is 11.5. The second-order valence-electron chi connectivity index (χ2n) is 4.68. The van der Waals surface area contributed by atoms with Gasteiger partial charge in [-0.1, -0.05) is 26.2 Å². The van der Waals surface area contributed by atoms with E-state index in [0.717, 1.165) is 12.8 Å². The summed E-state index contributed by atoms with van der Waals surface area (Å²) in [7, 11) is 1.65. The van der Waals surface area contributed by atoms with Gasteiger partial charge in [0.05, 0.1) is 12.1 Å². The first-order chi connectivity index (χ1) is 7.02. The summed E-state index contributed by atoms with van der Waals surface area (Å²) < 4.78 is 5.04. The number of carbonyl (C=O) groups excluding carboxylic acids is 1. The lowest BCUT2D eigenvalue weighted by Gasteiger charge is -2.25. The van der Waals surface area contributed by atoms with Crippen LogP contribution < -0.4 is 5.32 Å². The van der Waals surface area contributed by atoms with Gasteiger partial charge in [-0.05, 0) is 20.3 Å². The summed E-state index contributed by atoms with van der Waals surface area (Å²) in [6.07, 6.45) is 5.19. The van der Waals surface area contributed by atoms with E-state index < -0.39 is 0 Å². The zero-order chi connectivity index (χ0) is 11.7. The minimum atomic E-state index is -0.253. The first-order valence-electron chi connectivity index (χ1n) is 5.82. The highest BCUT2D eigenvalue weighted by molar-refractivity contribution is 5.76. The van der Waals surface area contributed by atoms with Crippen LogP contribution in [0.2, 0.25) is 0 Å². The number of unbranched alkanes of at least 4 members (excludes halogenated alkanes) is 3. The van der Waals surface area contributed by atoms with Crippen molar-refractivity contribution in [1.29, 1.82) is 0 Å². The van der Waals surface area contributed by atoms with Gasteiger partial charge in [0.1, 0.15) is 0 Å². The Morgan fingerprint density at radius 2 is 1.93 bits per heavy atom. The number of hydrogen-bond donors (Lipinski definition) is 1. The summed E-state index contributed by atoms with van der Waals surface area (Å²) in [4.78, 5) is 11.5. The fourth-order valence-corrected chi connectivity index (χ4v) is 1.55. The van der Waals surface area contributed by atoms with Gasteiger partial charge in [-0.15, -0.1) is 0 Å². The fraction of sp³-hybridized carbons (Fsp3) is 0.917. The predicted molar refractivity (Wildman–Crippen MR) is 62.9 cm³/mol. The smallest absolute Gasteiger partial charge is 0.220 e. The number of hydrogen-bond acceptors (Lipinski definition) is 2. The van der Waals surface area contributed by atoms with Crippen molar-refractivity contribution in [2.24, 2.45) is 0 Å². The summed E-state index contributed by atoms with van der Waals surface area (Å²) in [6.45, 7) is 6.66. The molecule has 0 aromatic heterocycles. The van der Waals surface area contributed by atoms with Crippen molar-refractivity contribution in [2.45, 2.75) is 58.4 Å². The maximum Gasteiger partial charge on any atom is 0.220 e. The van der Waals surface area contributed by atoms with Crippen LogP contribution in [0.3, 0.4) is 0 Å². The molecule has 0 heterocycles. The molecule has 0 bridgehead atoms. The number of amides is 1. The molecule has 15 heavy (non-hydrogen) atoms. The maximum absolute atomic E-state index is 11.5. The van der Waals surface area contributed by atoms with E-state index in [4.69, 9.17) is 4.74 Å². The van der Waals surface area contributed by atoms with Crippen molar-refractivity contribution in [1.82, 2.24) is 5.32 Å². The molecule has 0 saturated heterocycles. The third-order valence-corrected chi connectivity index (χ3v) is 2.24. The molecule has 1 amide bonds. The molecule has 0 aromatic carbocycles. The summed E-state index contributed by atoms with van der Waals surface area (Å²) in [5.41, 5.74) is -0.253. The van der Waals surface area contributed by atoms with E-state index in [1.54, 1.807) is 7.11 Å². The molecule has 3 nitrogen and oxygen atoms in total. The van der Waals surface area contributed by atoms with Gasteiger partial charge >= 0.3 is 0 Å². The average Bonchev–Trinajstić information content (AvgIpc) is 2.11. The first kappa shape index (κ1) is 14.4. The lowest BCUT2D eigenvalue weighted by Crippen LogP contribution is -2.46. The van der Waals surface area contributed by atoms with Crippen molar-refractivity contribution in [3.05, 3.63) is 0 Å². The molecule has 90 valence electrons. The van der Waals surface area contributed by atoms with Gasteiger partial charge in [0.2, 0.25) is 5.91 Å². The highest BCUT2D eigenvalue weighted by atomic mass is 16.5. The van der Waals surface area contributed by atoms with Gasteiger partial charge in [0.25, 0.3) is 0 Å². The minimum absolute atomic E-state index is 0.133. The summed E-state index contributed by atoms with van der Waals surface area (Å²) >= 11 is 0. The molecule has 0 rings (SSSR count). The molecule has 0 spiro atoms. The highest BCUT2D eigenvalue weighted by Crippen LogP contribution is 2.06. The molecule has 1 N–H and O–H groups in total. The fourth-order valence-electron chi connectivity index (χ4n) is 1.55. The van der Waals surface area contributed by atoms with Gasteiger partial charge in [-0.25, -0.2) is 0 Å². The van der Waals surface area contributed by atoms with Gasteiger partial charge in [-0.2, -0.15) is 0 Å². The van der Waals surface area contributed by atoms with Crippen LogP contribution in [0.1, 0.15) is 52.9 Å². The van der Waals surface area contributed by atoms with Crippen molar-refractivity contribution >= 4 is 5.91 Å². The molecule has 0 atom stereocenters. The third-order valence-electron chi connectivity index (χ3n) is 2.24. The Bertz CT molecular complexity index is 178. The van der Waals surface area contributed by atoms with Crippen molar-refractivity contribution in [2.75, 3.05) is 13.7 Å². The number of ether oxygens (including phenoxy) is 1. The van der Waals surface area contributed by atoms with Crippen molar-refractivity contribution < 1.29 is 9.53 Å². The molecule has 0 aliphatic rings. The van der Waals surface area contributed by atoms with Gasteiger partial charge in [0, 0.05) is 13.5 Å². The molecule has 0 saturated carbocycles. The monoisotopic (exact) mass is 215 g/mol. The zero-order valence-corrected chi connectivity index (χ0v) is 10.6. The van der Waals surface area contributed by atoms with Gasteiger partial charge in [-0.3, -0.25) is 4.79 Å². The van der Waals surface area contributed by atoms with Gasteiger partial charge in [0.15, 0.2) is 0 Å². The second kappa shape index (κ2) is 7.69. The van der Waals surface area contributed by atoms with Crippen LogP contribution >= 0.6 is 0 Å². The summed E-state index contributed by atoms with van der Waals surface area (Å²) in [5.74, 6) is 0.133. The average molecular weight is 215 g/mol. The van der Waals surface area contributed by atoms with Crippen LogP contribution in [-0.4, -0.2) is 25.2 Å². The minimum Gasteiger partial charge on any atom is -0.382 e. The van der Waals surface area contributed by atoms with Crippen LogP contribution in [0.15, 0.2) is 0 Å². The Kier molecular flexibility index (Phi) is 7.39. The molecular weight excluding hydrogens is 190 g/mol. The van der Waals surface area contributed by atoms with Crippen LogP contribution in [0.5, 0.6) is 0 Å². The first-order valence-corrected chi connectivity index (χ1v) is 5.82. The number of carbonyl (C=O) groups is 1. The molecule has 0 aromatic rings. The Balaban J connectivity index is 3.63. The van der Waals surface area contributed by atoms with E-state index in [9.17, 15) is 4.79 Å². The predicted octanol–water partition coefficient (Wildman–Crippen LogP) is 2.50. The summed E-state index contributed by atoms with van der Waals surface area (Å²) in [5, 5.41) is 2.97. The van der Waals surface area contributed by atoms with Crippen molar-refractivity contribution in [3.63, 3.8) is 0 Å². The van der Waals surface area contributed by atoms with Crippen LogP contribution in [0.4, 0.5) is 0 Å². The quantitative estimate of drug-likeness (QED) is 0.632. The van der Waals surface area contributed by atoms with Crippen LogP contribution in [-0.2, 0) is 9.53 Å². The molecule has 0 radical (unpaired) electrons. The number of rotatable bonds is 8. The highest BCUT2D eigenvalue weighted by Gasteiger charge is 2.19. The van der Waals surface area contributed by atoms with E-state index in [-0.39, 0.29) is 11.4 Å². The lowest BCUT2D eigenvalue weighted by molar-refractivity contribution is -0.123. The Hall–Kier alpha value is -0.570. The van der Waals surface area contributed by atoms with Crippen LogP contribution in [0.25, 0.3) is 0 Å². The molecule has 0 unspecified atom stereocenters. The topological polar surface area (TPSA) is 38.3 Å². The normalized spacial score (nSPS) is 11.5. The number of nitrogens with one attached hydrogen (secondary N) is 1. The van der Waals surface area contributed by atoms with Gasteiger partial charge < -0.3 is 10.1 Å². The Morgan fingerprint density at radius 3 is 2.47 bits per heavy atom. The summed E-state index contributed by atoms with van der Waals surface area (Å²) in [6, 6.07) is 0. The third kappa shape index (κ3) is 8.43. The standard InChI is InChI=1S/C12H25NO2/c1-5-6-7-8-9-11(14)13-12(2,3)10-15-4/h5-10H2,1-4H3,(H,13,14). The van der Waals surface area contributed by atoms with E-state index in [2.05, 4.69) is 12.2 Å². The zero-order valence-electron chi connectivity index (χ0n) is 10.6. The molecule has 0 aliphatic carbocycles. The van der Waals surface area contributed by atoms with Crippen LogP contribution in [0, 0.1) is 0 Å². The van der Waals surface area contributed by atoms with Crippen molar-refractivity contribution in [3.8, 4) is 0 Å². The van der Waals surface area contributed by atoms with E-state index >= 15 is 0 Å². The largest absolute Gasteiger partial charge is 0.382 e. The molecule has 0 aliphatic heterocycles. The second-order valence-corrected chi connectivity index (χ2v) is 4.68. The lowest BCUT2D eigenvalue weighted by atomic mass is 10.1. The molecule has 0 fully saturated rings. The Labute approximate surface area is 93.6 Å². The SMILES string of the molecule is CCCCCCC(=O)NC(C)(C)COC. The number of methoxy groups -OCH3 is 1. The molecular formula is C12H25NO2. The Morgan fingerprint density at radius 1 is 1.27 bits per heavy atom. The van der Waals surface area contributed by atoms with E-state index in [1.165, 1.54) is 12.8 Å². The molecule has 3 heteroatoms. The van der Waals surface area contributed by atoms with E-state index in [0.29, 0.717) is 13.0 Å². The van der Waals surface area contributed by atoms with E-state index in [1.807, 2.05) is 13.8 Å².